The molecule has 1 aromatic carbocycles. The maximum absolute atomic E-state index is 14.1. The van der Waals surface area contributed by atoms with Crippen molar-refractivity contribution in [3.05, 3.63) is 52.0 Å². The summed E-state index contributed by atoms with van der Waals surface area (Å²) in [6.07, 6.45) is 1.60. The summed E-state index contributed by atoms with van der Waals surface area (Å²) in [4.78, 5) is 13.2. The zero-order valence-corrected chi connectivity index (χ0v) is 16.1. The standard InChI is InChI=1S/C18H21FN2O3S2/c1-13-6-8-21(9-7-13)26(23,24)15-4-5-17(19)16(11-15)18(22)20-12-14-3-2-10-25-14/h2-5,10-11,13H,6-9,12H2,1H3,(H,20,22). The molecule has 0 aliphatic carbocycles. The van der Waals surface area contributed by atoms with E-state index in [1.54, 1.807) is 0 Å². The molecule has 1 saturated heterocycles. The van der Waals surface area contributed by atoms with Crippen LogP contribution in [0.1, 0.15) is 35.0 Å². The summed E-state index contributed by atoms with van der Waals surface area (Å²) in [7, 11) is -3.73. The van der Waals surface area contributed by atoms with E-state index >= 15 is 0 Å². The largest absolute Gasteiger partial charge is 0.347 e. The predicted molar refractivity (Wildman–Crippen MR) is 99.0 cm³/mol. The lowest BCUT2D eigenvalue weighted by atomic mass is 10.0. The lowest BCUT2D eigenvalue weighted by molar-refractivity contribution is 0.0947. The molecule has 3 rings (SSSR count). The van der Waals surface area contributed by atoms with Gasteiger partial charge in [-0.1, -0.05) is 13.0 Å². The minimum atomic E-state index is -3.73. The van der Waals surface area contributed by atoms with Crippen molar-refractivity contribution in [1.82, 2.24) is 9.62 Å². The number of piperidine rings is 1. The minimum Gasteiger partial charge on any atom is -0.347 e. The molecule has 2 aromatic rings. The van der Waals surface area contributed by atoms with Crippen molar-refractivity contribution >= 4 is 27.3 Å². The van der Waals surface area contributed by atoms with Crippen molar-refractivity contribution in [2.24, 2.45) is 5.92 Å². The summed E-state index contributed by atoms with van der Waals surface area (Å²) < 4.78 is 41.1. The highest BCUT2D eigenvalue weighted by atomic mass is 32.2. The van der Waals surface area contributed by atoms with Crippen LogP contribution in [0.25, 0.3) is 0 Å². The van der Waals surface area contributed by atoms with Crippen LogP contribution in [0.3, 0.4) is 0 Å². The number of hydrogen-bond donors (Lipinski definition) is 1. The molecule has 0 atom stereocenters. The first kappa shape index (κ1) is 19.0. The van der Waals surface area contributed by atoms with Crippen molar-refractivity contribution in [2.45, 2.75) is 31.2 Å². The van der Waals surface area contributed by atoms with Crippen LogP contribution >= 0.6 is 11.3 Å². The van der Waals surface area contributed by atoms with Crippen LogP contribution in [-0.2, 0) is 16.6 Å². The normalized spacial score (nSPS) is 16.5. The van der Waals surface area contributed by atoms with Crippen molar-refractivity contribution in [1.29, 1.82) is 0 Å². The van der Waals surface area contributed by atoms with Gasteiger partial charge in [0.2, 0.25) is 10.0 Å². The second kappa shape index (κ2) is 7.85. The minimum absolute atomic E-state index is 0.0465. The number of carbonyl (C=O) groups is 1. The number of amides is 1. The van der Waals surface area contributed by atoms with E-state index in [0.717, 1.165) is 29.9 Å². The Bertz CT molecular complexity index is 874. The SMILES string of the molecule is CC1CCN(S(=O)(=O)c2ccc(F)c(C(=O)NCc3cccs3)c2)CC1. The van der Waals surface area contributed by atoms with Gasteiger partial charge in [0, 0.05) is 18.0 Å². The zero-order chi connectivity index (χ0) is 18.7. The predicted octanol–water partition coefficient (Wildman–Crippen LogP) is 3.24. The van der Waals surface area contributed by atoms with Gasteiger partial charge < -0.3 is 5.32 Å². The lowest BCUT2D eigenvalue weighted by Crippen LogP contribution is -2.38. The Morgan fingerprint density at radius 2 is 2.04 bits per heavy atom. The highest BCUT2D eigenvalue weighted by Gasteiger charge is 2.29. The van der Waals surface area contributed by atoms with Gasteiger partial charge in [0.15, 0.2) is 0 Å². The van der Waals surface area contributed by atoms with Crippen molar-refractivity contribution in [2.75, 3.05) is 13.1 Å². The molecule has 8 heteroatoms. The Labute approximate surface area is 156 Å². The number of halogens is 1. The van der Waals surface area contributed by atoms with E-state index in [-0.39, 0.29) is 17.0 Å². The first-order valence-electron chi connectivity index (χ1n) is 8.48. The van der Waals surface area contributed by atoms with Gasteiger partial charge >= 0.3 is 0 Å². The molecular formula is C18H21FN2O3S2. The monoisotopic (exact) mass is 396 g/mol. The summed E-state index contributed by atoms with van der Waals surface area (Å²) in [6, 6.07) is 7.11. The fourth-order valence-electron chi connectivity index (χ4n) is 2.89. The molecule has 1 fully saturated rings. The summed E-state index contributed by atoms with van der Waals surface area (Å²) in [5, 5.41) is 4.51. The summed E-state index contributed by atoms with van der Waals surface area (Å²) in [5.74, 6) is -0.867. The van der Waals surface area contributed by atoms with Crippen LogP contribution in [0.15, 0.2) is 40.6 Å². The van der Waals surface area contributed by atoms with Gasteiger partial charge in [0.25, 0.3) is 5.91 Å². The van der Waals surface area contributed by atoms with Crippen LogP contribution in [0, 0.1) is 11.7 Å². The number of nitrogens with zero attached hydrogens (tertiary/aromatic N) is 1. The first-order chi connectivity index (χ1) is 12.4. The summed E-state index contributed by atoms with van der Waals surface area (Å²) in [5.41, 5.74) is -0.256. The number of carbonyl (C=O) groups excluding carboxylic acids is 1. The highest BCUT2D eigenvalue weighted by Crippen LogP contribution is 2.24. The molecule has 1 aliphatic heterocycles. The van der Waals surface area contributed by atoms with Crippen LogP contribution < -0.4 is 5.32 Å². The molecule has 140 valence electrons. The van der Waals surface area contributed by atoms with Gasteiger partial charge in [-0.3, -0.25) is 4.79 Å². The molecule has 0 saturated carbocycles. The second-order valence-electron chi connectivity index (χ2n) is 6.49. The van der Waals surface area contributed by atoms with E-state index in [4.69, 9.17) is 0 Å². The summed E-state index contributed by atoms with van der Waals surface area (Å²) >= 11 is 1.48. The fourth-order valence-corrected chi connectivity index (χ4v) is 5.03. The van der Waals surface area contributed by atoms with Crippen LogP contribution in [0.4, 0.5) is 4.39 Å². The summed E-state index contributed by atoms with van der Waals surface area (Å²) in [6.45, 7) is 3.26. The van der Waals surface area contributed by atoms with E-state index in [1.807, 2.05) is 17.5 Å². The second-order valence-corrected chi connectivity index (χ2v) is 9.46. The Kier molecular flexibility index (Phi) is 5.74. The molecule has 1 N–H and O–H groups in total. The number of thiophene rings is 1. The molecule has 1 amide bonds. The maximum atomic E-state index is 14.1. The van der Waals surface area contributed by atoms with Gasteiger partial charge in [-0.2, -0.15) is 4.31 Å². The molecular weight excluding hydrogens is 375 g/mol. The van der Waals surface area contributed by atoms with Crippen LogP contribution in [0.2, 0.25) is 0 Å². The van der Waals surface area contributed by atoms with Crippen LogP contribution in [-0.4, -0.2) is 31.7 Å². The molecule has 26 heavy (non-hydrogen) atoms. The van der Waals surface area contributed by atoms with Gasteiger partial charge in [0.05, 0.1) is 17.0 Å². The fraction of sp³-hybridized carbons (Fsp3) is 0.389. The van der Waals surface area contributed by atoms with E-state index in [0.29, 0.717) is 19.0 Å². The highest BCUT2D eigenvalue weighted by molar-refractivity contribution is 7.89. The van der Waals surface area contributed by atoms with Gasteiger partial charge in [-0.15, -0.1) is 11.3 Å². The lowest BCUT2D eigenvalue weighted by Gasteiger charge is -2.29. The molecule has 5 nitrogen and oxygen atoms in total. The van der Waals surface area contributed by atoms with Crippen molar-refractivity contribution < 1.29 is 17.6 Å². The Balaban J connectivity index is 1.79. The van der Waals surface area contributed by atoms with E-state index < -0.39 is 21.7 Å². The molecule has 0 radical (unpaired) electrons. The third-order valence-electron chi connectivity index (χ3n) is 4.57. The van der Waals surface area contributed by atoms with E-state index in [2.05, 4.69) is 12.2 Å². The molecule has 1 aromatic heterocycles. The topological polar surface area (TPSA) is 66.5 Å². The average molecular weight is 397 g/mol. The Hall–Kier alpha value is -1.77. The van der Waals surface area contributed by atoms with E-state index in [1.165, 1.54) is 21.7 Å². The molecule has 2 heterocycles. The van der Waals surface area contributed by atoms with Gasteiger partial charge in [0.1, 0.15) is 5.82 Å². The van der Waals surface area contributed by atoms with E-state index in [9.17, 15) is 17.6 Å². The third kappa shape index (κ3) is 4.13. The molecule has 0 bridgehead atoms. The van der Waals surface area contributed by atoms with Gasteiger partial charge in [-0.25, -0.2) is 12.8 Å². The molecule has 1 aliphatic rings. The smallest absolute Gasteiger partial charge is 0.254 e. The Morgan fingerprint density at radius 3 is 2.69 bits per heavy atom. The number of rotatable bonds is 5. The quantitative estimate of drug-likeness (QED) is 0.844. The molecule has 0 spiro atoms. The first-order valence-corrected chi connectivity index (χ1v) is 10.8. The van der Waals surface area contributed by atoms with Crippen molar-refractivity contribution in [3.8, 4) is 0 Å². The van der Waals surface area contributed by atoms with Gasteiger partial charge in [-0.05, 0) is 48.4 Å². The number of hydrogen-bond acceptors (Lipinski definition) is 4. The average Bonchev–Trinajstić information content (AvgIpc) is 3.14. The third-order valence-corrected chi connectivity index (χ3v) is 7.34. The number of nitrogens with one attached hydrogen (secondary N) is 1. The molecule has 0 unspecified atom stereocenters. The van der Waals surface area contributed by atoms with Crippen molar-refractivity contribution in [3.63, 3.8) is 0 Å². The maximum Gasteiger partial charge on any atom is 0.254 e. The Morgan fingerprint density at radius 1 is 1.31 bits per heavy atom. The number of benzene rings is 1. The van der Waals surface area contributed by atoms with Crippen LogP contribution in [0.5, 0.6) is 0 Å². The number of sulfonamides is 1. The zero-order valence-electron chi connectivity index (χ0n) is 14.4.